The number of anilines is 1. The fraction of sp³-hybridized carbons (Fsp3) is 0.545. The molecule has 0 radical (unpaired) electrons. The van der Waals surface area contributed by atoms with Crippen molar-refractivity contribution in [3.8, 4) is 0 Å². The van der Waals surface area contributed by atoms with E-state index in [0.717, 1.165) is 35.9 Å². The van der Waals surface area contributed by atoms with E-state index in [1.807, 2.05) is 24.3 Å². The van der Waals surface area contributed by atoms with Gasteiger partial charge in [-0.2, -0.15) is 0 Å². The number of benzene rings is 1. The molecule has 2 atom stereocenters. The molecule has 4 nitrogen and oxygen atoms in total. The number of rotatable bonds is 3. The topological polar surface area (TPSA) is 54.0 Å². The highest BCUT2D eigenvalue weighted by Crippen LogP contribution is 2.69. The van der Waals surface area contributed by atoms with Crippen molar-refractivity contribution < 1.29 is 4.79 Å². The summed E-state index contributed by atoms with van der Waals surface area (Å²) >= 11 is 6.26. The molecule has 4 aliphatic rings. The van der Waals surface area contributed by atoms with Crippen molar-refractivity contribution in [3.05, 3.63) is 35.5 Å². The van der Waals surface area contributed by atoms with Crippen LogP contribution in [0, 0.1) is 22.2 Å². The zero-order valence-electron chi connectivity index (χ0n) is 15.9. The number of nitrogens with zero attached hydrogens (tertiary/aromatic N) is 1. The normalized spacial score (nSPS) is 36.8. The molecule has 6 rings (SSSR count). The van der Waals surface area contributed by atoms with E-state index in [0.29, 0.717) is 21.8 Å². The second-order valence-electron chi connectivity index (χ2n) is 9.98. The highest BCUT2D eigenvalue weighted by Gasteiger charge is 2.62. The zero-order valence-corrected chi connectivity index (χ0v) is 16.7. The molecule has 4 bridgehead atoms. The summed E-state index contributed by atoms with van der Waals surface area (Å²) in [6.07, 6.45) is 8.64. The van der Waals surface area contributed by atoms with Crippen LogP contribution in [0.2, 0.25) is 5.02 Å². The number of pyridine rings is 1. The SMILES string of the molecule is CC12CC3CC(C)(C1)CC(C(=O)NNc1ccnc4c(Cl)cccc14)(C3)C2. The summed E-state index contributed by atoms with van der Waals surface area (Å²) in [5, 5.41) is 1.53. The molecule has 2 N–H and O–H groups in total. The number of halogens is 1. The number of fused-ring (bicyclic) bond motifs is 1. The Bertz CT molecular complexity index is 924. The first-order chi connectivity index (χ1) is 12.8. The molecule has 4 saturated carbocycles. The minimum absolute atomic E-state index is 0.149. The minimum atomic E-state index is -0.226. The van der Waals surface area contributed by atoms with E-state index in [2.05, 4.69) is 29.7 Å². The number of para-hydroxylation sites is 1. The van der Waals surface area contributed by atoms with Crippen molar-refractivity contribution in [2.45, 2.75) is 52.4 Å². The smallest absolute Gasteiger partial charge is 0.244 e. The maximum Gasteiger partial charge on any atom is 0.244 e. The molecule has 1 heterocycles. The molecule has 0 spiro atoms. The molecule has 2 aromatic rings. The van der Waals surface area contributed by atoms with E-state index in [1.165, 1.54) is 19.3 Å². The first-order valence-corrected chi connectivity index (χ1v) is 10.3. The number of carbonyl (C=O) groups is 1. The van der Waals surface area contributed by atoms with Crippen LogP contribution in [-0.4, -0.2) is 10.9 Å². The van der Waals surface area contributed by atoms with Gasteiger partial charge in [0.05, 0.1) is 21.6 Å². The molecule has 4 fully saturated rings. The molecule has 5 heteroatoms. The quantitative estimate of drug-likeness (QED) is 0.704. The van der Waals surface area contributed by atoms with Gasteiger partial charge in [0, 0.05) is 11.6 Å². The lowest BCUT2D eigenvalue weighted by Gasteiger charge is -2.64. The van der Waals surface area contributed by atoms with E-state index in [1.54, 1.807) is 6.20 Å². The lowest BCUT2D eigenvalue weighted by atomic mass is 9.40. The molecule has 0 saturated heterocycles. The Morgan fingerprint density at radius 1 is 1.11 bits per heavy atom. The average molecular weight is 384 g/mol. The van der Waals surface area contributed by atoms with E-state index < -0.39 is 0 Å². The van der Waals surface area contributed by atoms with E-state index in [4.69, 9.17) is 11.6 Å². The van der Waals surface area contributed by atoms with Gasteiger partial charge in [0.2, 0.25) is 5.91 Å². The predicted molar refractivity (Wildman–Crippen MR) is 108 cm³/mol. The summed E-state index contributed by atoms with van der Waals surface area (Å²) in [6.45, 7) is 4.78. The molecule has 4 aliphatic carbocycles. The summed E-state index contributed by atoms with van der Waals surface area (Å²) in [5.41, 5.74) is 8.20. The number of hydrazine groups is 1. The number of nitrogens with one attached hydrogen (secondary N) is 2. The third kappa shape index (κ3) is 2.72. The fourth-order valence-corrected chi connectivity index (χ4v) is 7.43. The van der Waals surface area contributed by atoms with Gasteiger partial charge in [-0.15, -0.1) is 0 Å². The molecule has 0 aliphatic heterocycles. The Balaban J connectivity index is 1.40. The number of hydrogen-bond donors (Lipinski definition) is 2. The number of hydrogen-bond acceptors (Lipinski definition) is 3. The van der Waals surface area contributed by atoms with Gasteiger partial charge in [0.15, 0.2) is 0 Å². The maximum atomic E-state index is 13.3. The standard InChI is InChI=1S/C22H26ClN3O/c1-20-8-14-9-21(2,11-20)13-22(10-14,12-20)19(27)26-25-17-6-7-24-18-15(17)4-3-5-16(18)23/h3-7,14H,8-13H2,1-2H3,(H,24,25)(H,26,27). The number of amides is 1. The van der Waals surface area contributed by atoms with E-state index >= 15 is 0 Å². The van der Waals surface area contributed by atoms with Gasteiger partial charge in [-0.3, -0.25) is 20.6 Å². The van der Waals surface area contributed by atoms with Crippen molar-refractivity contribution in [2.24, 2.45) is 22.2 Å². The maximum absolute atomic E-state index is 13.3. The Hall–Kier alpha value is -1.81. The molecular weight excluding hydrogens is 358 g/mol. The van der Waals surface area contributed by atoms with Gasteiger partial charge in [-0.05, 0) is 67.4 Å². The Morgan fingerprint density at radius 3 is 2.56 bits per heavy atom. The van der Waals surface area contributed by atoms with Gasteiger partial charge in [0.25, 0.3) is 0 Å². The van der Waals surface area contributed by atoms with E-state index in [-0.39, 0.29) is 11.3 Å². The van der Waals surface area contributed by atoms with Crippen LogP contribution in [0.5, 0.6) is 0 Å². The Labute approximate surface area is 165 Å². The van der Waals surface area contributed by atoms with Gasteiger partial charge in [0.1, 0.15) is 0 Å². The highest BCUT2D eigenvalue weighted by molar-refractivity contribution is 6.35. The lowest BCUT2D eigenvalue weighted by Crippen LogP contribution is -2.60. The lowest BCUT2D eigenvalue weighted by molar-refractivity contribution is -0.169. The number of aromatic nitrogens is 1. The zero-order chi connectivity index (χ0) is 18.9. The van der Waals surface area contributed by atoms with Gasteiger partial charge in [-0.1, -0.05) is 37.6 Å². The predicted octanol–water partition coefficient (Wildman–Crippen LogP) is 5.33. The van der Waals surface area contributed by atoms with Gasteiger partial charge in [-0.25, -0.2) is 0 Å². The van der Waals surface area contributed by atoms with Crippen molar-refractivity contribution >= 4 is 34.1 Å². The monoisotopic (exact) mass is 383 g/mol. The fourth-order valence-electron chi connectivity index (χ4n) is 7.21. The molecule has 142 valence electrons. The van der Waals surface area contributed by atoms with Crippen LogP contribution in [0.15, 0.2) is 30.5 Å². The molecular formula is C22H26ClN3O. The molecule has 27 heavy (non-hydrogen) atoms. The number of carbonyl (C=O) groups excluding carboxylic acids is 1. The summed E-state index contributed by atoms with van der Waals surface area (Å²) in [7, 11) is 0. The molecule has 2 unspecified atom stereocenters. The summed E-state index contributed by atoms with van der Waals surface area (Å²) in [6, 6.07) is 7.58. The molecule has 1 amide bonds. The van der Waals surface area contributed by atoms with Gasteiger partial charge < -0.3 is 0 Å². The third-order valence-corrected chi connectivity index (χ3v) is 7.45. The second-order valence-corrected chi connectivity index (χ2v) is 10.4. The molecule has 1 aromatic heterocycles. The Kier molecular flexibility index (Phi) is 3.59. The summed E-state index contributed by atoms with van der Waals surface area (Å²) in [4.78, 5) is 17.7. The van der Waals surface area contributed by atoms with Crippen molar-refractivity contribution in [1.29, 1.82) is 0 Å². The van der Waals surface area contributed by atoms with Gasteiger partial charge >= 0.3 is 0 Å². The first-order valence-electron chi connectivity index (χ1n) is 9.90. The third-order valence-electron chi connectivity index (χ3n) is 7.14. The van der Waals surface area contributed by atoms with Crippen molar-refractivity contribution in [3.63, 3.8) is 0 Å². The van der Waals surface area contributed by atoms with Crippen LogP contribution in [0.1, 0.15) is 52.4 Å². The van der Waals surface area contributed by atoms with E-state index in [9.17, 15) is 4.79 Å². The van der Waals surface area contributed by atoms with Crippen LogP contribution < -0.4 is 10.9 Å². The van der Waals surface area contributed by atoms with Crippen LogP contribution in [0.4, 0.5) is 5.69 Å². The first kappa shape index (κ1) is 17.3. The minimum Gasteiger partial charge on any atom is -0.298 e. The summed E-state index contributed by atoms with van der Waals surface area (Å²) in [5.74, 6) is 0.846. The highest BCUT2D eigenvalue weighted by atomic mass is 35.5. The van der Waals surface area contributed by atoms with Crippen LogP contribution in [0.25, 0.3) is 10.9 Å². The van der Waals surface area contributed by atoms with Crippen LogP contribution in [0.3, 0.4) is 0 Å². The van der Waals surface area contributed by atoms with Crippen LogP contribution in [-0.2, 0) is 4.79 Å². The Morgan fingerprint density at radius 2 is 1.85 bits per heavy atom. The molecule has 1 aromatic carbocycles. The van der Waals surface area contributed by atoms with Crippen LogP contribution >= 0.6 is 11.6 Å². The van der Waals surface area contributed by atoms with Crippen molar-refractivity contribution in [1.82, 2.24) is 10.4 Å². The summed E-state index contributed by atoms with van der Waals surface area (Å²) < 4.78 is 0. The second kappa shape index (κ2) is 5.60. The average Bonchev–Trinajstić information content (AvgIpc) is 2.57. The van der Waals surface area contributed by atoms with Crippen molar-refractivity contribution in [2.75, 3.05) is 5.43 Å². The largest absolute Gasteiger partial charge is 0.298 e.